The summed E-state index contributed by atoms with van der Waals surface area (Å²) in [5.41, 5.74) is -0.149. The Morgan fingerprint density at radius 3 is 3.07 bits per heavy atom. The fourth-order valence-electron chi connectivity index (χ4n) is 1.18. The SMILES string of the molecule is Cn1ccnc(NCc2ncc[nH]2)c1=O. The average molecular weight is 205 g/mol. The van der Waals surface area contributed by atoms with Crippen LogP contribution in [0.4, 0.5) is 5.82 Å². The Balaban J connectivity index is 2.12. The second kappa shape index (κ2) is 3.95. The molecule has 2 aromatic heterocycles. The van der Waals surface area contributed by atoms with E-state index in [-0.39, 0.29) is 5.56 Å². The lowest BCUT2D eigenvalue weighted by Gasteiger charge is -2.03. The second-order valence-electron chi connectivity index (χ2n) is 3.08. The monoisotopic (exact) mass is 205 g/mol. The lowest BCUT2D eigenvalue weighted by Crippen LogP contribution is -2.21. The predicted molar refractivity (Wildman–Crippen MR) is 55.4 cm³/mol. The Bertz CT molecular complexity index is 487. The number of aromatic nitrogens is 4. The maximum Gasteiger partial charge on any atom is 0.293 e. The fraction of sp³-hybridized carbons (Fsp3) is 0.222. The number of nitrogens with zero attached hydrogens (tertiary/aromatic N) is 3. The van der Waals surface area contributed by atoms with E-state index in [2.05, 4.69) is 20.3 Å². The summed E-state index contributed by atoms with van der Waals surface area (Å²) in [7, 11) is 1.68. The minimum Gasteiger partial charge on any atom is -0.358 e. The van der Waals surface area contributed by atoms with Crippen molar-refractivity contribution in [3.63, 3.8) is 0 Å². The molecule has 15 heavy (non-hydrogen) atoms. The van der Waals surface area contributed by atoms with Gasteiger partial charge in [-0.25, -0.2) is 9.97 Å². The molecule has 2 rings (SSSR count). The summed E-state index contributed by atoms with van der Waals surface area (Å²) in [5, 5.41) is 2.92. The molecule has 2 heterocycles. The zero-order valence-corrected chi connectivity index (χ0v) is 8.27. The van der Waals surface area contributed by atoms with Crippen molar-refractivity contribution in [3.05, 3.63) is 41.0 Å². The van der Waals surface area contributed by atoms with Gasteiger partial charge in [-0.05, 0) is 0 Å². The van der Waals surface area contributed by atoms with E-state index in [4.69, 9.17) is 0 Å². The summed E-state index contributed by atoms with van der Waals surface area (Å²) in [6.07, 6.45) is 6.58. The van der Waals surface area contributed by atoms with E-state index < -0.39 is 0 Å². The van der Waals surface area contributed by atoms with Crippen molar-refractivity contribution in [1.29, 1.82) is 0 Å². The summed E-state index contributed by atoms with van der Waals surface area (Å²) in [6, 6.07) is 0. The molecule has 6 nitrogen and oxygen atoms in total. The van der Waals surface area contributed by atoms with Crippen LogP contribution in [0, 0.1) is 0 Å². The van der Waals surface area contributed by atoms with E-state index in [1.165, 1.54) is 4.57 Å². The van der Waals surface area contributed by atoms with E-state index >= 15 is 0 Å². The van der Waals surface area contributed by atoms with Gasteiger partial charge in [-0.3, -0.25) is 4.79 Å². The Labute approximate surface area is 86.0 Å². The second-order valence-corrected chi connectivity index (χ2v) is 3.08. The van der Waals surface area contributed by atoms with Gasteiger partial charge < -0.3 is 14.9 Å². The molecule has 0 spiro atoms. The molecule has 0 bridgehead atoms. The highest BCUT2D eigenvalue weighted by molar-refractivity contribution is 5.30. The number of aryl methyl sites for hydroxylation is 1. The number of imidazole rings is 1. The van der Waals surface area contributed by atoms with Crippen LogP contribution < -0.4 is 10.9 Å². The first kappa shape index (κ1) is 9.45. The van der Waals surface area contributed by atoms with Crippen LogP contribution in [0.15, 0.2) is 29.6 Å². The molecule has 0 aliphatic heterocycles. The Morgan fingerprint density at radius 2 is 2.33 bits per heavy atom. The van der Waals surface area contributed by atoms with Gasteiger partial charge in [-0.2, -0.15) is 0 Å². The van der Waals surface area contributed by atoms with Crippen molar-refractivity contribution in [2.45, 2.75) is 6.54 Å². The molecule has 0 aromatic carbocycles. The Kier molecular flexibility index (Phi) is 2.49. The lowest BCUT2D eigenvalue weighted by molar-refractivity contribution is 0.836. The number of aromatic amines is 1. The van der Waals surface area contributed by atoms with E-state index in [0.29, 0.717) is 12.4 Å². The van der Waals surface area contributed by atoms with Crippen LogP contribution in [-0.4, -0.2) is 19.5 Å². The average Bonchev–Trinajstić information content (AvgIpc) is 2.73. The highest BCUT2D eigenvalue weighted by atomic mass is 16.1. The Hall–Kier alpha value is -2.11. The number of anilines is 1. The summed E-state index contributed by atoms with van der Waals surface area (Å²) < 4.78 is 1.47. The van der Waals surface area contributed by atoms with Crippen LogP contribution in [0.2, 0.25) is 0 Å². The number of rotatable bonds is 3. The topological polar surface area (TPSA) is 75.6 Å². The molecule has 2 N–H and O–H groups in total. The van der Waals surface area contributed by atoms with Crippen LogP contribution in [0.25, 0.3) is 0 Å². The standard InChI is InChI=1S/C9H11N5O/c1-14-5-4-12-8(9(14)15)13-6-7-10-2-3-11-7/h2-5H,6H2,1H3,(H,10,11)(H,12,13). The quantitative estimate of drug-likeness (QED) is 0.746. The van der Waals surface area contributed by atoms with Gasteiger partial charge in [0.05, 0.1) is 6.54 Å². The smallest absolute Gasteiger partial charge is 0.293 e. The van der Waals surface area contributed by atoms with E-state index in [1.54, 1.807) is 31.8 Å². The van der Waals surface area contributed by atoms with Crippen LogP contribution >= 0.6 is 0 Å². The largest absolute Gasteiger partial charge is 0.358 e. The number of H-pyrrole nitrogens is 1. The van der Waals surface area contributed by atoms with Gasteiger partial charge in [-0.1, -0.05) is 0 Å². The molecule has 0 aliphatic carbocycles. The third-order valence-electron chi connectivity index (χ3n) is 1.99. The molecule has 0 radical (unpaired) electrons. The van der Waals surface area contributed by atoms with Crippen LogP contribution in [-0.2, 0) is 13.6 Å². The van der Waals surface area contributed by atoms with Crippen molar-refractivity contribution < 1.29 is 0 Å². The molecule has 6 heteroatoms. The number of nitrogens with one attached hydrogen (secondary N) is 2. The third-order valence-corrected chi connectivity index (χ3v) is 1.99. The predicted octanol–water partition coefficient (Wildman–Crippen LogP) is 0.115. The number of hydrogen-bond donors (Lipinski definition) is 2. The van der Waals surface area contributed by atoms with Crippen molar-refractivity contribution in [2.24, 2.45) is 7.05 Å². The van der Waals surface area contributed by atoms with Gasteiger partial charge in [-0.15, -0.1) is 0 Å². The van der Waals surface area contributed by atoms with Crippen LogP contribution in [0.5, 0.6) is 0 Å². The van der Waals surface area contributed by atoms with E-state index in [0.717, 1.165) is 5.82 Å². The molecule has 0 unspecified atom stereocenters. The highest BCUT2D eigenvalue weighted by Crippen LogP contribution is 1.95. The molecule has 0 amide bonds. The van der Waals surface area contributed by atoms with Crippen LogP contribution in [0.1, 0.15) is 5.82 Å². The first-order chi connectivity index (χ1) is 7.27. The molecular formula is C9H11N5O. The molecule has 2 aromatic rings. The van der Waals surface area contributed by atoms with Gasteiger partial charge in [0.2, 0.25) is 0 Å². The molecule has 78 valence electrons. The van der Waals surface area contributed by atoms with Crippen molar-refractivity contribution in [2.75, 3.05) is 5.32 Å². The minimum atomic E-state index is -0.149. The van der Waals surface area contributed by atoms with E-state index in [1.807, 2.05) is 0 Å². The van der Waals surface area contributed by atoms with Gasteiger partial charge in [0.1, 0.15) is 5.82 Å². The maximum absolute atomic E-state index is 11.5. The summed E-state index contributed by atoms with van der Waals surface area (Å²) in [6.45, 7) is 0.458. The first-order valence-corrected chi connectivity index (χ1v) is 4.51. The Morgan fingerprint density at radius 1 is 1.47 bits per heavy atom. The third kappa shape index (κ3) is 2.04. The van der Waals surface area contributed by atoms with Gasteiger partial charge in [0.25, 0.3) is 5.56 Å². The zero-order chi connectivity index (χ0) is 10.7. The van der Waals surface area contributed by atoms with Gasteiger partial charge in [0, 0.05) is 31.8 Å². The molecule has 0 fully saturated rings. The van der Waals surface area contributed by atoms with Crippen molar-refractivity contribution in [3.8, 4) is 0 Å². The molecule has 0 atom stereocenters. The number of hydrogen-bond acceptors (Lipinski definition) is 4. The zero-order valence-electron chi connectivity index (χ0n) is 8.27. The fourth-order valence-corrected chi connectivity index (χ4v) is 1.18. The summed E-state index contributed by atoms with van der Waals surface area (Å²) in [5.74, 6) is 1.10. The molecule has 0 aliphatic rings. The molecule has 0 saturated heterocycles. The summed E-state index contributed by atoms with van der Waals surface area (Å²) >= 11 is 0. The molecule has 0 saturated carbocycles. The van der Waals surface area contributed by atoms with Crippen molar-refractivity contribution >= 4 is 5.82 Å². The maximum atomic E-state index is 11.5. The molecular weight excluding hydrogens is 194 g/mol. The van der Waals surface area contributed by atoms with Gasteiger partial charge in [0.15, 0.2) is 5.82 Å². The lowest BCUT2D eigenvalue weighted by atomic mass is 10.5. The van der Waals surface area contributed by atoms with Crippen LogP contribution in [0.3, 0.4) is 0 Å². The van der Waals surface area contributed by atoms with E-state index in [9.17, 15) is 4.79 Å². The minimum absolute atomic E-state index is 0.149. The van der Waals surface area contributed by atoms with Gasteiger partial charge >= 0.3 is 0 Å². The van der Waals surface area contributed by atoms with Crippen molar-refractivity contribution in [1.82, 2.24) is 19.5 Å². The normalized spacial score (nSPS) is 10.2. The first-order valence-electron chi connectivity index (χ1n) is 4.51. The highest BCUT2D eigenvalue weighted by Gasteiger charge is 2.02. The summed E-state index contributed by atoms with van der Waals surface area (Å²) in [4.78, 5) is 22.4.